The lowest BCUT2D eigenvalue weighted by molar-refractivity contribution is -0.121. The predicted molar refractivity (Wildman–Crippen MR) is 85.0 cm³/mol. The van der Waals surface area contributed by atoms with E-state index in [1.165, 1.54) is 0 Å². The molecule has 2 aromatic rings. The van der Waals surface area contributed by atoms with Crippen molar-refractivity contribution in [3.63, 3.8) is 0 Å². The first-order valence-corrected chi connectivity index (χ1v) is 7.26. The molecule has 1 amide bonds. The van der Waals surface area contributed by atoms with Crippen LogP contribution in [0.1, 0.15) is 30.5 Å². The van der Waals surface area contributed by atoms with Crippen LogP contribution in [-0.4, -0.2) is 5.91 Å². The number of amides is 1. The Morgan fingerprint density at radius 2 is 1.75 bits per heavy atom. The van der Waals surface area contributed by atoms with Gasteiger partial charge in [0.2, 0.25) is 5.91 Å². The molecule has 0 aliphatic rings. The van der Waals surface area contributed by atoms with Crippen LogP contribution in [0.25, 0.3) is 0 Å². The van der Waals surface area contributed by atoms with Crippen LogP contribution < -0.4 is 5.32 Å². The lowest BCUT2D eigenvalue weighted by Gasteiger charge is -2.17. The fraction of sp³-hybridized carbons (Fsp3) is 0.235. The van der Waals surface area contributed by atoms with Gasteiger partial charge < -0.3 is 5.32 Å². The van der Waals surface area contributed by atoms with E-state index in [1.807, 2.05) is 54.6 Å². The molecule has 0 saturated heterocycles. The number of hydrogen-bond acceptors (Lipinski definition) is 2. The summed E-state index contributed by atoms with van der Waals surface area (Å²) in [7, 11) is 0. The first-order valence-electron chi connectivity index (χ1n) is 6.81. The summed E-state index contributed by atoms with van der Waals surface area (Å²) in [4.78, 5) is 13.0. The standard InChI is InChI=1S/C17H19NOS/c1-2-16(14-6-4-3-5-7-14)18-17(19)12-13-8-10-15(20)11-9-13/h3-11,16,20H,2,12H2,1H3,(H,18,19). The van der Waals surface area contributed by atoms with Gasteiger partial charge in [-0.3, -0.25) is 4.79 Å². The molecule has 0 saturated carbocycles. The summed E-state index contributed by atoms with van der Waals surface area (Å²) < 4.78 is 0. The summed E-state index contributed by atoms with van der Waals surface area (Å²) >= 11 is 4.24. The lowest BCUT2D eigenvalue weighted by atomic mass is 10.0. The highest BCUT2D eigenvalue weighted by Gasteiger charge is 2.12. The van der Waals surface area contributed by atoms with E-state index in [9.17, 15) is 4.79 Å². The van der Waals surface area contributed by atoms with Gasteiger partial charge in [-0.05, 0) is 29.7 Å². The second-order valence-electron chi connectivity index (χ2n) is 4.78. The fourth-order valence-electron chi connectivity index (χ4n) is 2.15. The predicted octanol–water partition coefficient (Wildman–Crippen LogP) is 3.79. The van der Waals surface area contributed by atoms with Crippen molar-refractivity contribution in [3.8, 4) is 0 Å². The number of carbonyl (C=O) groups is 1. The molecular formula is C17H19NOS. The van der Waals surface area contributed by atoms with E-state index < -0.39 is 0 Å². The monoisotopic (exact) mass is 285 g/mol. The van der Waals surface area contributed by atoms with E-state index in [0.717, 1.165) is 22.4 Å². The minimum atomic E-state index is 0.0487. The number of rotatable bonds is 5. The van der Waals surface area contributed by atoms with Crippen LogP contribution >= 0.6 is 12.6 Å². The number of carbonyl (C=O) groups excluding carboxylic acids is 1. The number of nitrogens with one attached hydrogen (secondary N) is 1. The fourth-order valence-corrected chi connectivity index (χ4v) is 2.30. The number of thiol groups is 1. The second-order valence-corrected chi connectivity index (χ2v) is 5.30. The summed E-state index contributed by atoms with van der Waals surface area (Å²) in [6.07, 6.45) is 1.28. The SMILES string of the molecule is CCC(NC(=O)Cc1ccc(S)cc1)c1ccccc1. The van der Waals surface area contributed by atoms with Gasteiger partial charge in [-0.25, -0.2) is 0 Å². The average Bonchev–Trinajstić information content (AvgIpc) is 2.48. The van der Waals surface area contributed by atoms with Crippen LogP contribution in [0.5, 0.6) is 0 Å². The zero-order valence-electron chi connectivity index (χ0n) is 11.5. The van der Waals surface area contributed by atoms with E-state index >= 15 is 0 Å². The van der Waals surface area contributed by atoms with Crippen molar-refractivity contribution in [2.24, 2.45) is 0 Å². The van der Waals surface area contributed by atoms with Gasteiger partial charge in [0.15, 0.2) is 0 Å². The van der Waals surface area contributed by atoms with Crippen LogP contribution in [0, 0.1) is 0 Å². The largest absolute Gasteiger partial charge is 0.349 e. The Bertz CT molecular complexity index is 551. The molecule has 0 bridgehead atoms. The van der Waals surface area contributed by atoms with E-state index in [1.54, 1.807) is 0 Å². The van der Waals surface area contributed by atoms with Crippen LogP contribution in [0.4, 0.5) is 0 Å². The van der Waals surface area contributed by atoms with E-state index in [2.05, 4.69) is 24.9 Å². The normalized spacial score (nSPS) is 11.9. The summed E-state index contributed by atoms with van der Waals surface area (Å²) in [5, 5.41) is 3.09. The molecule has 2 nitrogen and oxygen atoms in total. The van der Waals surface area contributed by atoms with Crippen molar-refractivity contribution in [1.29, 1.82) is 0 Å². The topological polar surface area (TPSA) is 29.1 Å². The Morgan fingerprint density at radius 1 is 1.10 bits per heavy atom. The molecular weight excluding hydrogens is 266 g/mol. The summed E-state index contributed by atoms with van der Waals surface area (Å²) in [5.74, 6) is 0.0487. The molecule has 0 aliphatic heterocycles. The van der Waals surface area contributed by atoms with Crippen molar-refractivity contribution in [2.75, 3.05) is 0 Å². The van der Waals surface area contributed by atoms with Crippen LogP contribution in [-0.2, 0) is 11.2 Å². The van der Waals surface area contributed by atoms with Crippen molar-refractivity contribution in [2.45, 2.75) is 30.7 Å². The molecule has 2 aromatic carbocycles. The second kappa shape index (κ2) is 7.15. The first kappa shape index (κ1) is 14.7. The zero-order chi connectivity index (χ0) is 14.4. The minimum Gasteiger partial charge on any atom is -0.349 e. The molecule has 0 aromatic heterocycles. The Hall–Kier alpha value is -1.74. The van der Waals surface area contributed by atoms with Crippen molar-refractivity contribution < 1.29 is 4.79 Å². The Kier molecular flexibility index (Phi) is 5.24. The summed E-state index contributed by atoms with van der Waals surface area (Å²) in [6.45, 7) is 2.08. The summed E-state index contributed by atoms with van der Waals surface area (Å²) in [6, 6.07) is 17.8. The molecule has 0 radical (unpaired) electrons. The molecule has 104 valence electrons. The van der Waals surface area contributed by atoms with Gasteiger partial charge in [-0.1, -0.05) is 49.4 Å². The van der Waals surface area contributed by atoms with Gasteiger partial charge in [-0.15, -0.1) is 12.6 Å². The Balaban J connectivity index is 1.97. The van der Waals surface area contributed by atoms with Crippen LogP contribution in [0.15, 0.2) is 59.5 Å². The third-order valence-electron chi connectivity index (χ3n) is 3.25. The molecule has 0 spiro atoms. The van der Waals surface area contributed by atoms with Gasteiger partial charge >= 0.3 is 0 Å². The molecule has 1 N–H and O–H groups in total. The van der Waals surface area contributed by atoms with Crippen LogP contribution in [0.2, 0.25) is 0 Å². The highest BCUT2D eigenvalue weighted by atomic mass is 32.1. The lowest BCUT2D eigenvalue weighted by Crippen LogP contribution is -2.29. The maximum Gasteiger partial charge on any atom is 0.224 e. The highest BCUT2D eigenvalue weighted by Crippen LogP contribution is 2.16. The quantitative estimate of drug-likeness (QED) is 0.804. The maximum absolute atomic E-state index is 12.1. The van der Waals surface area contributed by atoms with E-state index in [0.29, 0.717) is 6.42 Å². The number of hydrogen-bond donors (Lipinski definition) is 2. The van der Waals surface area contributed by atoms with Crippen molar-refractivity contribution in [3.05, 3.63) is 65.7 Å². The van der Waals surface area contributed by atoms with Crippen molar-refractivity contribution in [1.82, 2.24) is 5.32 Å². The molecule has 0 fully saturated rings. The first-order chi connectivity index (χ1) is 9.69. The summed E-state index contributed by atoms with van der Waals surface area (Å²) in [5.41, 5.74) is 2.15. The molecule has 3 heteroatoms. The molecule has 0 aliphatic carbocycles. The third kappa shape index (κ3) is 4.14. The van der Waals surface area contributed by atoms with Gasteiger partial charge in [0.25, 0.3) is 0 Å². The average molecular weight is 285 g/mol. The zero-order valence-corrected chi connectivity index (χ0v) is 12.4. The minimum absolute atomic E-state index is 0.0487. The van der Waals surface area contributed by atoms with E-state index in [-0.39, 0.29) is 11.9 Å². The van der Waals surface area contributed by atoms with Crippen LogP contribution in [0.3, 0.4) is 0 Å². The van der Waals surface area contributed by atoms with E-state index in [4.69, 9.17) is 0 Å². The molecule has 0 heterocycles. The Morgan fingerprint density at radius 3 is 2.35 bits per heavy atom. The van der Waals surface area contributed by atoms with Gasteiger partial charge in [-0.2, -0.15) is 0 Å². The molecule has 1 unspecified atom stereocenters. The highest BCUT2D eigenvalue weighted by molar-refractivity contribution is 7.80. The smallest absolute Gasteiger partial charge is 0.224 e. The molecule has 20 heavy (non-hydrogen) atoms. The van der Waals surface area contributed by atoms with Gasteiger partial charge in [0.05, 0.1) is 12.5 Å². The number of benzene rings is 2. The molecule has 2 rings (SSSR count). The third-order valence-corrected chi connectivity index (χ3v) is 3.54. The molecule has 1 atom stereocenters. The van der Waals surface area contributed by atoms with Gasteiger partial charge in [0, 0.05) is 4.90 Å². The Labute approximate surface area is 125 Å². The maximum atomic E-state index is 12.1. The van der Waals surface area contributed by atoms with Crippen molar-refractivity contribution >= 4 is 18.5 Å². The van der Waals surface area contributed by atoms with Gasteiger partial charge in [0.1, 0.15) is 0 Å².